The summed E-state index contributed by atoms with van der Waals surface area (Å²) in [5, 5.41) is 4.75. The summed E-state index contributed by atoms with van der Waals surface area (Å²) in [6.07, 6.45) is 9.22. The van der Waals surface area contributed by atoms with Crippen molar-refractivity contribution in [3.8, 4) is 0 Å². The van der Waals surface area contributed by atoms with E-state index in [-0.39, 0.29) is 5.91 Å². The van der Waals surface area contributed by atoms with Crippen molar-refractivity contribution in [2.45, 2.75) is 38.5 Å². The van der Waals surface area contributed by atoms with Gasteiger partial charge in [0.25, 0.3) is 5.91 Å². The summed E-state index contributed by atoms with van der Waals surface area (Å²) in [7, 11) is 0. The lowest BCUT2D eigenvalue weighted by molar-refractivity contribution is -0.115. The fraction of sp³-hybridized carbons (Fsp3) is 0.636. The van der Waals surface area contributed by atoms with Crippen LogP contribution in [0, 0.1) is 5.92 Å². The van der Waals surface area contributed by atoms with Gasteiger partial charge in [-0.25, -0.2) is 4.79 Å². The fourth-order valence-electron chi connectivity index (χ4n) is 2.21. The topological polar surface area (TPSA) is 58.2 Å². The molecule has 1 heterocycles. The van der Waals surface area contributed by atoms with Crippen LogP contribution in [0.1, 0.15) is 38.5 Å². The molecule has 2 rings (SSSR count). The summed E-state index contributed by atoms with van der Waals surface area (Å²) in [4.78, 5) is 22.2. The predicted octanol–water partition coefficient (Wildman–Crippen LogP) is 1.68. The molecule has 0 aromatic rings. The molecule has 0 unspecified atom stereocenters. The number of allylic oxidation sites excluding steroid dienone is 1. The molecule has 4 nitrogen and oxygen atoms in total. The lowest BCUT2D eigenvalue weighted by atomic mass is 9.99. The molecule has 0 radical (unpaired) electrons. The third-order valence-corrected chi connectivity index (χ3v) is 3.02. The quantitative estimate of drug-likeness (QED) is 0.391. The largest absolute Gasteiger partial charge is 0.326 e. The van der Waals surface area contributed by atoms with Crippen LogP contribution in [0.2, 0.25) is 0 Å². The third kappa shape index (κ3) is 2.58. The van der Waals surface area contributed by atoms with Crippen LogP contribution in [0.25, 0.3) is 0 Å². The Hall–Kier alpha value is -1.32. The standard InChI is InChI=1S/C11H16N2O2/c14-10-9(12-11(15)13-10)7-8-5-3-1-2-4-6-8/h7-8H,1-6H2,(H2,12,13,14,15)/b9-7-. The normalized spacial score (nSPS) is 26.3. The maximum absolute atomic E-state index is 11.3. The predicted molar refractivity (Wildman–Crippen MR) is 55.9 cm³/mol. The molecule has 1 aliphatic heterocycles. The molecule has 2 fully saturated rings. The van der Waals surface area contributed by atoms with Crippen LogP contribution in [0.4, 0.5) is 4.79 Å². The Kier molecular flexibility index (Phi) is 3.04. The molecule has 3 amide bonds. The van der Waals surface area contributed by atoms with Crippen molar-refractivity contribution in [3.05, 3.63) is 11.8 Å². The minimum atomic E-state index is -0.403. The van der Waals surface area contributed by atoms with Gasteiger partial charge < -0.3 is 5.32 Å². The van der Waals surface area contributed by atoms with Gasteiger partial charge in [-0.05, 0) is 18.8 Å². The van der Waals surface area contributed by atoms with Gasteiger partial charge in [-0.3, -0.25) is 10.1 Å². The number of amides is 3. The van der Waals surface area contributed by atoms with Crippen molar-refractivity contribution in [2.24, 2.45) is 5.92 Å². The third-order valence-electron chi connectivity index (χ3n) is 3.02. The minimum absolute atomic E-state index is 0.288. The lowest BCUT2D eigenvalue weighted by Gasteiger charge is -2.08. The first-order valence-electron chi connectivity index (χ1n) is 5.60. The van der Waals surface area contributed by atoms with E-state index in [2.05, 4.69) is 10.6 Å². The van der Waals surface area contributed by atoms with Crippen molar-refractivity contribution in [2.75, 3.05) is 0 Å². The van der Waals surface area contributed by atoms with Gasteiger partial charge in [0, 0.05) is 0 Å². The summed E-state index contributed by atoms with van der Waals surface area (Å²) in [6, 6.07) is -0.403. The van der Waals surface area contributed by atoms with Crippen LogP contribution >= 0.6 is 0 Å². The zero-order chi connectivity index (χ0) is 10.7. The van der Waals surface area contributed by atoms with Gasteiger partial charge in [-0.15, -0.1) is 0 Å². The van der Waals surface area contributed by atoms with Crippen molar-refractivity contribution in [1.82, 2.24) is 10.6 Å². The molecule has 0 atom stereocenters. The van der Waals surface area contributed by atoms with E-state index in [1.165, 1.54) is 25.7 Å². The number of hydrogen-bond donors (Lipinski definition) is 2. The Bertz CT molecular complexity index is 302. The average Bonchev–Trinajstić information content (AvgIpc) is 2.44. The Labute approximate surface area is 89.1 Å². The van der Waals surface area contributed by atoms with Crippen LogP contribution < -0.4 is 10.6 Å². The highest BCUT2D eigenvalue weighted by atomic mass is 16.2. The second kappa shape index (κ2) is 4.47. The van der Waals surface area contributed by atoms with Crippen LogP contribution in [-0.4, -0.2) is 11.9 Å². The van der Waals surface area contributed by atoms with Crippen LogP contribution in [0.5, 0.6) is 0 Å². The molecule has 4 heteroatoms. The Balaban J connectivity index is 2.01. The van der Waals surface area contributed by atoms with E-state index in [4.69, 9.17) is 0 Å². The molecule has 1 saturated heterocycles. The number of carbonyl (C=O) groups is 2. The van der Waals surface area contributed by atoms with E-state index >= 15 is 0 Å². The van der Waals surface area contributed by atoms with Crippen molar-refractivity contribution in [3.63, 3.8) is 0 Å². The second-order valence-corrected chi connectivity index (χ2v) is 4.24. The van der Waals surface area contributed by atoms with E-state index in [1.54, 1.807) is 0 Å². The maximum Gasteiger partial charge on any atom is 0.326 e. The van der Waals surface area contributed by atoms with Gasteiger partial charge in [-0.1, -0.05) is 31.8 Å². The molecule has 0 bridgehead atoms. The zero-order valence-electron chi connectivity index (χ0n) is 8.71. The summed E-state index contributed by atoms with van der Waals surface area (Å²) < 4.78 is 0. The SMILES string of the molecule is O=C1NC(=O)/C(=C/C2CCCCCC2)N1. The van der Waals surface area contributed by atoms with Crippen LogP contribution in [0.3, 0.4) is 0 Å². The summed E-state index contributed by atoms with van der Waals surface area (Å²) in [6.45, 7) is 0. The van der Waals surface area contributed by atoms with Crippen molar-refractivity contribution < 1.29 is 9.59 Å². The van der Waals surface area contributed by atoms with Gasteiger partial charge in [0.05, 0.1) is 0 Å². The number of urea groups is 1. The molecule has 0 aromatic carbocycles. The minimum Gasteiger partial charge on any atom is -0.303 e. The summed E-state index contributed by atoms with van der Waals surface area (Å²) in [5.74, 6) is 0.163. The van der Waals surface area contributed by atoms with E-state index in [9.17, 15) is 9.59 Å². The zero-order valence-corrected chi connectivity index (χ0v) is 8.71. The van der Waals surface area contributed by atoms with E-state index < -0.39 is 6.03 Å². The van der Waals surface area contributed by atoms with Gasteiger partial charge >= 0.3 is 6.03 Å². The number of hydrogen-bond acceptors (Lipinski definition) is 2. The molecule has 1 saturated carbocycles. The number of nitrogens with one attached hydrogen (secondary N) is 2. The Morgan fingerprint density at radius 1 is 1.00 bits per heavy atom. The number of rotatable bonds is 1. The van der Waals surface area contributed by atoms with Crippen LogP contribution in [0.15, 0.2) is 11.8 Å². The Morgan fingerprint density at radius 2 is 1.67 bits per heavy atom. The highest BCUT2D eigenvalue weighted by Crippen LogP contribution is 2.24. The molecule has 2 aliphatic rings. The van der Waals surface area contributed by atoms with Gasteiger partial charge in [0.15, 0.2) is 0 Å². The number of imide groups is 1. The first-order chi connectivity index (χ1) is 7.25. The maximum atomic E-state index is 11.3. The smallest absolute Gasteiger partial charge is 0.303 e. The van der Waals surface area contributed by atoms with Crippen molar-refractivity contribution >= 4 is 11.9 Å². The first kappa shape index (κ1) is 10.2. The van der Waals surface area contributed by atoms with Crippen molar-refractivity contribution in [1.29, 1.82) is 0 Å². The highest BCUT2D eigenvalue weighted by Gasteiger charge is 2.24. The van der Waals surface area contributed by atoms with Gasteiger partial charge in [0.2, 0.25) is 0 Å². The summed E-state index contributed by atoms with van der Waals surface area (Å²) in [5.41, 5.74) is 0.437. The molecule has 82 valence electrons. The fourth-order valence-corrected chi connectivity index (χ4v) is 2.21. The molecule has 1 aliphatic carbocycles. The van der Waals surface area contributed by atoms with E-state index in [0.717, 1.165) is 12.8 Å². The Morgan fingerprint density at radius 3 is 2.20 bits per heavy atom. The van der Waals surface area contributed by atoms with E-state index in [0.29, 0.717) is 11.6 Å². The molecule has 15 heavy (non-hydrogen) atoms. The molecule has 0 spiro atoms. The first-order valence-corrected chi connectivity index (χ1v) is 5.60. The average molecular weight is 208 g/mol. The summed E-state index contributed by atoms with van der Waals surface area (Å²) >= 11 is 0. The lowest BCUT2D eigenvalue weighted by Crippen LogP contribution is -2.22. The molecular formula is C11H16N2O2. The monoisotopic (exact) mass is 208 g/mol. The van der Waals surface area contributed by atoms with Gasteiger partial charge in [-0.2, -0.15) is 0 Å². The molecule has 0 aromatic heterocycles. The van der Waals surface area contributed by atoms with E-state index in [1.807, 2.05) is 6.08 Å². The highest BCUT2D eigenvalue weighted by molar-refractivity contribution is 6.11. The molecule has 2 N–H and O–H groups in total. The van der Waals surface area contributed by atoms with Gasteiger partial charge in [0.1, 0.15) is 5.70 Å². The van der Waals surface area contributed by atoms with Crippen LogP contribution in [-0.2, 0) is 4.79 Å². The number of carbonyl (C=O) groups excluding carboxylic acids is 2. The second-order valence-electron chi connectivity index (χ2n) is 4.24. The molecular weight excluding hydrogens is 192 g/mol.